The maximum Gasteiger partial charge on any atom is 0.408 e. The minimum atomic E-state index is -1.22. The van der Waals surface area contributed by atoms with Gasteiger partial charge in [0.05, 0.1) is 62.0 Å². The molecule has 1 saturated carbocycles. The Balaban J connectivity index is 0.684. The van der Waals surface area contributed by atoms with Crippen molar-refractivity contribution in [3.63, 3.8) is 0 Å². The monoisotopic (exact) mass is 1050 g/mol. The third-order valence-electron chi connectivity index (χ3n) is 15.5. The van der Waals surface area contributed by atoms with Gasteiger partial charge in [-0.05, 0) is 101 Å². The molecule has 0 radical (unpaired) electrons. The summed E-state index contributed by atoms with van der Waals surface area (Å²) >= 11 is 0. The Morgan fingerprint density at radius 1 is 0.692 bits per heavy atom. The number of benzene rings is 5. The van der Waals surface area contributed by atoms with Crippen LogP contribution in [0.15, 0.2) is 125 Å². The van der Waals surface area contributed by atoms with Crippen LogP contribution < -0.4 is 29.6 Å². The second-order valence-corrected chi connectivity index (χ2v) is 20.9. The molecule has 2 unspecified atom stereocenters. The molecule has 0 saturated heterocycles. The maximum atomic E-state index is 14.1. The highest BCUT2D eigenvalue weighted by Crippen LogP contribution is 2.47. The Bertz CT molecular complexity index is 3320. The van der Waals surface area contributed by atoms with Crippen LogP contribution in [0.25, 0.3) is 16.7 Å². The van der Waals surface area contributed by atoms with Gasteiger partial charge in [0.2, 0.25) is 11.8 Å². The molecule has 5 aromatic carbocycles. The van der Waals surface area contributed by atoms with Gasteiger partial charge >= 0.3 is 6.09 Å². The minimum absolute atomic E-state index is 0.0664. The van der Waals surface area contributed by atoms with Gasteiger partial charge < -0.3 is 44.5 Å². The molecule has 17 nitrogen and oxygen atoms in total. The number of nitrogens with zero attached hydrogens (tertiary/aromatic N) is 5. The van der Waals surface area contributed by atoms with Crippen LogP contribution in [0.5, 0.6) is 23.0 Å². The molecule has 1 fully saturated rings. The minimum Gasteiger partial charge on any atom is -0.493 e. The number of aliphatic imine (C=N–C) groups is 2. The molecule has 6 aliphatic rings. The number of hydrogen-bond acceptors (Lipinski definition) is 11. The van der Waals surface area contributed by atoms with Crippen molar-refractivity contribution in [2.45, 2.75) is 83.0 Å². The van der Waals surface area contributed by atoms with E-state index in [1.54, 1.807) is 80.3 Å². The summed E-state index contributed by atoms with van der Waals surface area (Å²) in [6.07, 6.45) is 10.4. The van der Waals surface area contributed by atoms with E-state index in [2.05, 4.69) is 10.6 Å². The van der Waals surface area contributed by atoms with E-state index in [0.717, 1.165) is 39.8 Å². The highest BCUT2D eigenvalue weighted by Gasteiger charge is 2.40. The summed E-state index contributed by atoms with van der Waals surface area (Å²) in [6, 6.07) is 27.4. The van der Waals surface area contributed by atoms with Crippen LogP contribution in [0.4, 0.5) is 21.9 Å². The summed E-state index contributed by atoms with van der Waals surface area (Å²) in [5.41, 5.74) is 9.47. The number of nitrogens with one attached hydrogen (secondary N) is 2. The maximum absolute atomic E-state index is 14.1. The highest BCUT2D eigenvalue weighted by molar-refractivity contribution is 6.06. The van der Waals surface area contributed by atoms with E-state index in [0.29, 0.717) is 69.9 Å². The van der Waals surface area contributed by atoms with Gasteiger partial charge in [-0.25, -0.2) is 4.79 Å². The fourth-order valence-electron chi connectivity index (χ4n) is 11.3. The van der Waals surface area contributed by atoms with Crippen LogP contribution in [0, 0.1) is 11.8 Å². The van der Waals surface area contributed by atoms with Crippen LogP contribution in [-0.4, -0.2) is 120 Å². The molecule has 3 N–H and O–H groups in total. The number of rotatable bonds is 18. The van der Waals surface area contributed by atoms with E-state index < -0.39 is 35.9 Å². The third-order valence-corrected chi connectivity index (χ3v) is 15.5. The Morgan fingerprint density at radius 2 is 1.24 bits per heavy atom. The predicted molar refractivity (Wildman–Crippen MR) is 296 cm³/mol. The summed E-state index contributed by atoms with van der Waals surface area (Å²) in [7, 11) is 3.06. The van der Waals surface area contributed by atoms with Gasteiger partial charge in [0.1, 0.15) is 12.1 Å². The number of fused-ring (bicyclic) bond motifs is 7. The molecule has 4 aliphatic heterocycles. The van der Waals surface area contributed by atoms with Crippen molar-refractivity contribution in [1.82, 2.24) is 20.0 Å². The highest BCUT2D eigenvalue weighted by atomic mass is 16.5. The molecule has 5 amide bonds. The summed E-state index contributed by atoms with van der Waals surface area (Å²) in [5.74, 6) is 0.253. The second-order valence-electron chi connectivity index (χ2n) is 20.9. The number of carboxylic acid groups (broad SMARTS) is 1. The molecule has 400 valence electrons. The molecular weight excluding hydrogens is 991 g/mol. The number of ether oxygens (including phenoxy) is 4. The molecule has 5 aromatic rings. The average Bonchev–Trinajstić information content (AvgIpc) is 4.12. The SMILES string of the molecule is COc1cc2c(cc1OCCCOc1cc3c(cc1OC)C(=O)N1C=C(C4CC4)CC1C=N3)N=CC1CC(c3ccc(NC(=O)[C@H](C)NC(=O)[C@H](C(C)C)N(CC4c5ccccc5-c5ccccc54)C(=O)O)cc3)=CN1C2=O. The van der Waals surface area contributed by atoms with Gasteiger partial charge in [0, 0.05) is 68.0 Å². The van der Waals surface area contributed by atoms with Crippen LogP contribution >= 0.6 is 0 Å². The molecule has 0 aromatic heterocycles. The molecule has 0 bridgehead atoms. The first kappa shape index (κ1) is 51.4. The van der Waals surface area contributed by atoms with Crippen LogP contribution in [0.1, 0.15) is 96.2 Å². The lowest BCUT2D eigenvalue weighted by Crippen LogP contribution is -2.56. The smallest absolute Gasteiger partial charge is 0.408 e. The predicted octanol–water partition coefficient (Wildman–Crippen LogP) is 10.0. The lowest BCUT2D eigenvalue weighted by Gasteiger charge is -2.34. The molecule has 2 aliphatic carbocycles. The van der Waals surface area contributed by atoms with Gasteiger partial charge in [0.25, 0.3) is 11.8 Å². The molecule has 0 spiro atoms. The third kappa shape index (κ3) is 9.95. The van der Waals surface area contributed by atoms with Crippen molar-refractivity contribution >= 4 is 64.8 Å². The van der Waals surface area contributed by atoms with Gasteiger partial charge in [0.15, 0.2) is 23.0 Å². The van der Waals surface area contributed by atoms with E-state index in [1.165, 1.54) is 30.4 Å². The number of amides is 5. The number of anilines is 1. The number of methoxy groups -OCH3 is 2. The summed E-state index contributed by atoms with van der Waals surface area (Å²) in [5, 5.41) is 16.2. The normalized spacial score (nSPS) is 18.5. The van der Waals surface area contributed by atoms with E-state index in [9.17, 15) is 29.1 Å². The van der Waals surface area contributed by atoms with E-state index in [1.807, 2.05) is 79.3 Å². The number of carbonyl (C=O) groups excluding carboxylic acids is 4. The van der Waals surface area contributed by atoms with Crippen LogP contribution in [0.2, 0.25) is 0 Å². The summed E-state index contributed by atoms with van der Waals surface area (Å²) in [4.78, 5) is 82.2. The number of hydrogen-bond donors (Lipinski definition) is 3. The Morgan fingerprint density at radius 3 is 1.78 bits per heavy atom. The van der Waals surface area contributed by atoms with E-state index in [-0.39, 0.29) is 49.6 Å². The zero-order valence-corrected chi connectivity index (χ0v) is 44.1. The van der Waals surface area contributed by atoms with Crippen LogP contribution in [0.3, 0.4) is 0 Å². The van der Waals surface area contributed by atoms with Crippen molar-refractivity contribution in [2.24, 2.45) is 21.8 Å². The van der Waals surface area contributed by atoms with Gasteiger partial charge in [-0.3, -0.25) is 34.1 Å². The van der Waals surface area contributed by atoms with Crippen molar-refractivity contribution in [1.29, 1.82) is 0 Å². The average molecular weight is 1050 g/mol. The Hall–Kier alpha value is -8.73. The fraction of sp³-hybridized carbons (Fsp3) is 0.328. The zero-order chi connectivity index (χ0) is 54.4. The second kappa shape index (κ2) is 21.4. The quantitative estimate of drug-likeness (QED) is 0.0710. The molecule has 4 atom stereocenters. The van der Waals surface area contributed by atoms with Gasteiger partial charge in [-0.1, -0.05) is 74.5 Å². The van der Waals surface area contributed by atoms with Gasteiger partial charge in [-0.15, -0.1) is 0 Å². The molecule has 11 rings (SSSR count). The van der Waals surface area contributed by atoms with Crippen molar-refractivity contribution in [2.75, 3.05) is 39.3 Å². The first-order valence-corrected chi connectivity index (χ1v) is 26.5. The molecule has 78 heavy (non-hydrogen) atoms. The van der Waals surface area contributed by atoms with Crippen LogP contribution in [-0.2, 0) is 9.59 Å². The largest absolute Gasteiger partial charge is 0.493 e. The topological polar surface area (TPSA) is 201 Å². The van der Waals surface area contributed by atoms with E-state index >= 15 is 0 Å². The zero-order valence-electron chi connectivity index (χ0n) is 44.1. The first-order chi connectivity index (χ1) is 37.8. The lowest BCUT2D eigenvalue weighted by atomic mass is 9.94. The first-order valence-electron chi connectivity index (χ1n) is 26.5. The molecule has 17 heteroatoms. The fourth-order valence-corrected chi connectivity index (χ4v) is 11.3. The summed E-state index contributed by atoms with van der Waals surface area (Å²) in [6.45, 7) is 5.77. The Labute approximate surface area is 452 Å². The van der Waals surface area contributed by atoms with E-state index in [4.69, 9.17) is 28.9 Å². The Kier molecular flexibility index (Phi) is 14.1. The van der Waals surface area contributed by atoms with Crippen molar-refractivity contribution < 1.29 is 48.0 Å². The van der Waals surface area contributed by atoms with Crippen molar-refractivity contribution in [3.05, 3.63) is 143 Å². The van der Waals surface area contributed by atoms with Gasteiger partial charge in [-0.2, -0.15) is 0 Å². The van der Waals surface area contributed by atoms with Crippen molar-refractivity contribution in [3.8, 4) is 34.1 Å². The summed E-state index contributed by atoms with van der Waals surface area (Å²) < 4.78 is 23.7. The molecular formula is C61H61N7O10. The standard InChI is InChI=1S/C61H61N7O10/c1-34(2)56(68(61(73)74)33-49-45-13-8-6-11-43(45)44-12-7-9-14-46(44)49)58(70)64-35(3)57(69)65-40-19-17-37(18-20-40)39-24-42-30-63-51-28-55(53(76-5)26-48(51)60(72)67(42)32-39)78-22-10-21-77-54-27-50-47(25-52(54)75-4)59(71)66-31-38(36-15-16-36)23-41(66)29-62-50/h6-9,11-14,17-20,25-32,34-36,41-42,49,56H,10,15-16,21-24,33H2,1-5H3,(H,64,70)(H,65,69)(H,73,74)/t35-,41?,42?,56-/m0/s1. The molecule has 4 heterocycles. The lowest BCUT2D eigenvalue weighted by molar-refractivity contribution is -0.130. The number of carbonyl (C=O) groups is 5.